The van der Waals surface area contributed by atoms with E-state index in [4.69, 9.17) is 17.3 Å². The van der Waals surface area contributed by atoms with Crippen LogP contribution < -0.4 is 11.1 Å². The van der Waals surface area contributed by atoms with Crippen molar-refractivity contribution in [3.8, 4) is 0 Å². The fraction of sp³-hybridized carbons (Fsp3) is 0.0625. The van der Waals surface area contributed by atoms with Gasteiger partial charge in [-0.3, -0.25) is 0 Å². The topological polar surface area (TPSA) is 50.9 Å². The summed E-state index contributed by atoms with van der Waals surface area (Å²) in [4.78, 5) is 4.27. The zero-order valence-electron chi connectivity index (χ0n) is 11.3. The quantitative estimate of drug-likeness (QED) is 0.677. The molecule has 3 aromatic rings. The van der Waals surface area contributed by atoms with Gasteiger partial charge in [-0.2, -0.15) is 0 Å². The molecule has 0 fully saturated rings. The van der Waals surface area contributed by atoms with Crippen molar-refractivity contribution in [1.82, 2.24) is 4.98 Å². The van der Waals surface area contributed by atoms with Gasteiger partial charge in [0, 0.05) is 22.7 Å². The lowest BCUT2D eigenvalue weighted by Gasteiger charge is -2.12. The third kappa shape index (κ3) is 2.38. The SMILES string of the molecule is Cc1ccc2c(Nc3cccc(Cl)c3F)nccc2c1N. The van der Waals surface area contributed by atoms with Gasteiger partial charge in [0.2, 0.25) is 0 Å². The molecule has 1 aromatic heterocycles. The summed E-state index contributed by atoms with van der Waals surface area (Å²) < 4.78 is 14.0. The molecule has 0 unspecified atom stereocenters. The van der Waals surface area contributed by atoms with E-state index in [1.165, 1.54) is 6.07 Å². The maximum absolute atomic E-state index is 14.0. The first kappa shape index (κ1) is 13.6. The van der Waals surface area contributed by atoms with Crippen LogP contribution in [0.25, 0.3) is 10.8 Å². The van der Waals surface area contributed by atoms with Crippen LogP contribution in [0.3, 0.4) is 0 Å². The molecule has 0 saturated carbocycles. The first-order valence-electron chi connectivity index (χ1n) is 6.43. The van der Waals surface area contributed by atoms with E-state index in [1.807, 2.05) is 25.1 Å². The van der Waals surface area contributed by atoms with E-state index < -0.39 is 5.82 Å². The number of aryl methyl sites for hydroxylation is 1. The van der Waals surface area contributed by atoms with Gasteiger partial charge in [-0.05, 0) is 30.7 Å². The summed E-state index contributed by atoms with van der Waals surface area (Å²) in [5.74, 6) is 0.0402. The largest absolute Gasteiger partial charge is 0.398 e. The second-order valence-electron chi connectivity index (χ2n) is 4.78. The van der Waals surface area contributed by atoms with Gasteiger partial charge >= 0.3 is 0 Å². The number of halogens is 2. The number of aromatic nitrogens is 1. The van der Waals surface area contributed by atoms with E-state index in [1.54, 1.807) is 18.3 Å². The maximum Gasteiger partial charge on any atom is 0.165 e. The second-order valence-corrected chi connectivity index (χ2v) is 5.18. The molecule has 0 aliphatic rings. The van der Waals surface area contributed by atoms with E-state index in [-0.39, 0.29) is 10.7 Å². The molecule has 0 bridgehead atoms. The number of hydrogen-bond donors (Lipinski definition) is 2. The zero-order chi connectivity index (χ0) is 15.0. The van der Waals surface area contributed by atoms with Crippen LogP contribution in [0.5, 0.6) is 0 Å². The summed E-state index contributed by atoms with van der Waals surface area (Å²) in [5, 5.41) is 4.76. The Bertz CT molecular complexity index is 833. The number of fused-ring (bicyclic) bond motifs is 1. The summed E-state index contributed by atoms with van der Waals surface area (Å²) in [6, 6.07) is 10.5. The second kappa shape index (κ2) is 5.22. The van der Waals surface area contributed by atoms with Gasteiger partial charge in [0.1, 0.15) is 5.82 Å². The number of nitrogens with one attached hydrogen (secondary N) is 1. The van der Waals surface area contributed by atoms with Gasteiger partial charge in [-0.25, -0.2) is 9.37 Å². The Morgan fingerprint density at radius 2 is 1.95 bits per heavy atom. The minimum Gasteiger partial charge on any atom is -0.398 e. The van der Waals surface area contributed by atoms with E-state index in [0.717, 1.165) is 16.3 Å². The van der Waals surface area contributed by atoms with Crippen molar-refractivity contribution in [2.45, 2.75) is 6.92 Å². The molecule has 1 heterocycles. The highest BCUT2D eigenvalue weighted by molar-refractivity contribution is 6.31. The molecule has 0 saturated heterocycles. The van der Waals surface area contributed by atoms with Gasteiger partial charge in [0.25, 0.3) is 0 Å². The van der Waals surface area contributed by atoms with Gasteiger partial charge < -0.3 is 11.1 Å². The predicted octanol–water partition coefficient (Wildman–Crippen LogP) is 4.66. The molecule has 3 N–H and O–H groups in total. The lowest BCUT2D eigenvalue weighted by atomic mass is 10.1. The van der Waals surface area contributed by atoms with Crippen LogP contribution in [0.1, 0.15) is 5.56 Å². The number of nitrogens with zero attached hydrogens (tertiary/aromatic N) is 1. The third-order valence-electron chi connectivity index (χ3n) is 3.41. The first-order chi connectivity index (χ1) is 10.1. The van der Waals surface area contributed by atoms with Crippen LogP contribution >= 0.6 is 11.6 Å². The number of nitrogens with two attached hydrogens (primary N) is 1. The van der Waals surface area contributed by atoms with E-state index in [9.17, 15) is 4.39 Å². The molecule has 0 aliphatic heterocycles. The van der Waals surface area contributed by atoms with Crippen molar-refractivity contribution in [2.24, 2.45) is 0 Å². The maximum atomic E-state index is 14.0. The summed E-state index contributed by atoms with van der Waals surface area (Å²) in [5.41, 5.74) is 8.06. The van der Waals surface area contributed by atoms with Crippen LogP contribution in [0, 0.1) is 12.7 Å². The van der Waals surface area contributed by atoms with Gasteiger partial charge in [0.05, 0.1) is 10.7 Å². The van der Waals surface area contributed by atoms with E-state index in [2.05, 4.69) is 10.3 Å². The molecule has 0 amide bonds. The van der Waals surface area contributed by atoms with Crippen LogP contribution in [-0.4, -0.2) is 4.98 Å². The predicted molar refractivity (Wildman–Crippen MR) is 85.6 cm³/mol. The van der Waals surface area contributed by atoms with Gasteiger partial charge in [-0.15, -0.1) is 0 Å². The van der Waals surface area contributed by atoms with Crippen LogP contribution in [0.15, 0.2) is 42.6 Å². The monoisotopic (exact) mass is 301 g/mol. The minimum absolute atomic E-state index is 0.0654. The number of pyridine rings is 1. The molecule has 0 aliphatic carbocycles. The van der Waals surface area contributed by atoms with Gasteiger partial charge in [0.15, 0.2) is 5.82 Å². The van der Waals surface area contributed by atoms with E-state index in [0.29, 0.717) is 11.5 Å². The lowest BCUT2D eigenvalue weighted by molar-refractivity contribution is 0.632. The van der Waals surface area contributed by atoms with Crippen molar-refractivity contribution < 1.29 is 4.39 Å². The zero-order valence-corrected chi connectivity index (χ0v) is 12.1. The molecular weight excluding hydrogens is 289 g/mol. The highest BCUT2D eigenvalue weighted by Crippen LogP contribution is 2.31. The Balaban J connectivity index is 2.13. The van der Waals surface area contributed by atoms with Crippen molar-refractivity contribution in [2.75, 3.05) is 11.1 Å². The average Bonchev–Trinajstić information content (AvgIpc) is 2.48. The molecule has 3 nitrogen and oxygen atoms in total. The van der Waals surface area contributed by atoms with Crippen LogP contribution in [0.4, 0.5) is 21.6 Å². The molecule has 0 spiro atoms. The van der Waals surface area contributed by atoms with Crippen molar-refractivity contribution in [1.29, 1.82) is 0 Å². The first-order valence-corrected chi connectivity index (χ1v) is 6.80. The minimum atomic E-state index is -0.502. The number of nitrogen functional groups attached to an aromatic ring is 1. The standard InChI is InChI=1S/C16H13ClFN3/c1-9-5-6-11-10(15(9)19)7-8-20-16(11)21-13-4-2-3-12(17)14(13)18/h2-8H,19H2,1H3,(H,20,21). The summed E-state index contributed by atoms with van der Waals surface area (Å²) >= 11 is 5.79. The summed E-state index contributed by atoms with van der Waals surface area (Å²) in [6.45, 7) is 1.94. The summed E-state index contributed by atoms with van der Waals surface area (Å²) in [6.07, 6.45) is 1.64. The Kier molecular flexibility index (Phi) is 3.39. The molecule has 0 atom stereocenters. The Labute approximate surface area is 126 Å². The number of benzene rings is 2. The highest BCUT2D eigenvalue weighted by atomic mass is 35.5. The van der Waals surface area contributed by atoms with Crippen LogP contribution in [-0.2, 0) is 0 Å². The fourth-order valence-corrected chi connectivity index (χ4v) is 2.39. The van der Waals surface area contributed by atoms with Gasteiger partial charge in [-0.1, -0.05) is 29.8 Å². The third-order valence-corrected chi connectivity index (χ3v) is 3.70. The van der Waals surface area contributed by atoms with Crippen molar-refractivity contribution >= 4 is 39.6 Å². The number of hydrogen-bond acceptors (Lipinski definition) is 3. The molecule has 0 radical (unpaired) electrons. The Morgan fingerprint density at radius 1 is 1.14 bits per heavy atom. The molecule has 2 aromatic carbocycles. The normalized spacial score (nSPS) is 10.8. The Morgan fingerprint density at radius 3 is 2.76 bits per heavy atom. The number of rotatable bonds is 2. The molecular formula is C16H13ClFN3. The van der Waals surface area contributed by atoms with Crippen molar-refractivity contribution in [3.05, 3.63) is 59.0 Å². The van der Waals surface area contributed by atoms with Crippen molar-refractivity contribution in [3.63, 3.8) is 0 Å². The molecule has 5 heteroatoms. The van der Waals surface area contributed by atoms with E-state index >= 15 is 0 Å². The molecule has 21 heavy (non-hydrogen) atoms. The molecule has 3 rings (SSSR count). The highest BCUT2D eigenvalue weighted by Gasteiger charge is 2.10. The molecule has 106 valence electrons. The number of anilines is 3. The Hall–Kier alpha value is -2.33. The summed E-state index contributed by atoms with van der Waals surface area (Å²) in [7, 11) is 0. The smallest absolute Gasteiger partial charge is 0.165 e. The fourth-order valence-electron chi connectivity index (χ4n) is 2.21. The van der Waals surface area contributed by atoms with Crippen LogP contribution in [0.2, 0.25) is 5.02 Å². The average molecular weight is 302 g/mol. The lowest BCUT2D eigenvalue weighted by Crippen LogP contribution is -1.99.